The van der Waals surface area contributed by atoms with Crippen LogP contribution in [0.3, 0.4) is 0 Å². The average Bonchev–Trinajstić information content (AvgIpc) is 3.37. The van der Waals surface area contributed by atoms with E-state index >= 15 is 0 Å². The van der Waals surface area contributed by atoms with Crippen LogP contribution in [0.15, 0.2) is 85.1 Å². The summed E-state index contributed by atoms with van der Waals surface area (Å²) in [5.74, 6) is -0.194. The van der Waals surface area contributed by atoms with Crippen LogP contribution in [0.1, 0.15) is 277 Å². The minimum absolute atomic E-state index is 0.0513. The molecule has 0 aliphatic rings. The van der Waals surface area contributed by atoms with Crippen molar-refractivity contribution >= 4 is 13.7 Å². The third kappa shape index (κ3) is 59.2. The van der Waals surface area contributed by atoms with Crippen LogP contribution in [0, 0.1) is 0 Å². The standard InChI is InChI=1S/C66H121N2O6P/c1-6-8-10-12-14-16-18-20-22-24-26-28-30-32-33-34-36-37-39-41-43-45-47-49-51-53-55-57-59-65(69)64(63-74-75(71,72)73-62-61-68(3,4)5)67-66(70)60-58-56-54-52-50-48-46-44-42-40-38-35-31-29-27-25-23-21-19-17-15-13-11-9-7-2/h9,11,15,17,21,23,27,29,35,38,49,51,57,59,64-65,69H,6-8,10,12-14,16,18-20,22,24-26,28,30-34,36-37,39-48,50,52-56,58,60-63H2,1-5H3,(H-,67,70,71,72)/p+1/b11-9-,17-15-,23-21-,29-27-,38-35-,51-49+,59-57+. The number of hydrogen-bond acceptors (Lipinski definition) is 5. The minimum Gasteiger partial charge on any atom is -0.387 e. The van der Waals surface area contributed by atoms with Crippen LogP contribution in [0.25, 0.3) is 0 Å². The van der Waals surface area contributed by atoms with E-state index in [0.29, 0.717) is 17.4 Å². The number of aliphatic hydroxyl groups excluding tert-OH is 1. The monoisotopic (exact) mass is 1070 g/mol. The number of nitrogens with zero attached hydrogens (tertiary/aromatic N) is 1. The molecule has 3 atom stereocenters. The van der Waals surface area contributed by atoms with E-state index in [4.69, 9.17) is 9.05 Å². The predicted octanol–water partition coefficient (Wildman–Crippen LogP) is 19.6. The van der Waals surface area contributed by atoms with Gasteiger partial charge in [-0.05, 0) is 77.0 Å². The van der Waals surface area contributed by atoms with Gasteiger partial charge < -0.3 is 19.8 Å². The van der Waals surface area contributed by atoms with Gasteiger partial charge in [0.15, 0.2) is 0 Å². The average molecular weight is 1070 g/mol. The number of likely N-dealkylation sites (N-methyl/N-ethyl adjacent to an activating group) is 1. The van der Waals surface area contributed by atoms with Gasteiger partial charge in [-0.1, -0.05) is 279 Å². The molecule has 0 saturated carbocycles. The highest BCUT2D eigenvalue weighted by atomic mass is 31.2. The molecule has 1 amide bonds. The van der Waals surface area contributed by atoms with Gasteiger partial charge in [0.2, 0.25) is 5.91 Å². The Morgan fingerprint density at radius 3 is 1.23 bits per heavy atom. The molecule has 0 aromatic carbocycles. The van der Waals surface area contributed by atoms with E-state index in [1.54, 1.807) is 6.08 Å². The van der Waals surface area contributed by atoms with Gasteiger partial charge in [-0.2, -0.15) is 0 Å². The number of quaternary nitrogens is 1. The molecule has 3 unspecified atom stereocenters. The number of nitrogens with one attached hydrogen (secondary N) is 1. The second-order valence-corrected chi connectivity index (χ2v) is 23.8. The summed E-state index contributed by atoms with van der Waals surface area (Å²) >= 11 is 0. The van der Waals surface area contributed by atoms with Gasteiger partial charge >= 0.3 is 7.82 Å². The molecule has 0 aliphatic heterocycles. The van der Waals surface area contributed by atoms with Gasteiger partial charge in [-0.3, -0.25) is 13.8 Å². The highest BCUT2D eigenvalue weighted by Gasteiger charge is 2.27. The molecular formula is C66H122N2O6P+. The summed E-state index contributed by atoms with van der Waals surface area (Å²) in [5, 5.41) is 14.0. The fourth-order valence-corrected chi connectivity index (χ4v) is 9.70. The summed E-state index contributed by atoms with van der Waals surface area (Å²) in [6.45, 7) is 4.70. The van der Waals surface area contributed by atoms with Crippen molar-refractivity contribution in [2.75, 3.05) is 40.9 Å². The van der Waals surface area contributed by atoms with Crippen molar-refractivity contribution in [3.05, 3.63) is 85.1 Å². The molecule has 0 aliphatic carbocycles. The highest BCUT2D eigenvalue weighted by molar-refractivity contribution is 7.47. The molecular weight excluding hydrogens is 948 g/mol. The molecule has 0 aromatic rings. The Balaban J connectivity index is 4.22. The number of phosphoric ester groups is 1. The van der Waals surface area contributed by atoms with E-state index in [1.807, 2.05) is 27.2 Å². The first-order valence-corrected chi connectivity index (χ1v) is 33.0. The number of carbonyl (C=O) groups excluding carboxylic acids is 1. The van der Waals surface area contributed by atoms with Crippen molar-refractivity contribution in [3.8, 4) is 0 Å². The van der Waals surface area contributed by atoms with Gasteiger partial charge in [0.05, 0.1) is 39.9 Å². The second kappa shape index (κ2) is 56.4. The molecule has 9 heteroatoms. The first-order chi connectivity index (χ1) is 36.5. The van der Waals surface area contributed by atoms with Crippen LogP contribution >= 0.6 is 7.82 Å². The molecule has 75 heavy (non-hydrogen) atoms. The van der Waals surface area contributed by atoms with E-state index in [0.717, 1.165) is 77.0 Å². The third-order valence-electron chi connectivity index (χ3n) is 13.8. The smallest absolute Gasteiger partial charge is 0.387 e. The van der Waals surface area contributed by atoms with Gasteiger partial charge in [-0.25, -0.2) is 4.57 Å². The number of hydrogen-bond donors (Lipinski definition) is 3. The van der Waals surface area contributed by atoms with Crippen molar-refractivity contribution < 1.29 is 32.9 Å². The van der Waals surface area contributed by atoms with E-state index in [1.165, 1.54) is 180 Å². The molecule has 0 fully saturated rings. The number of aliphatic hydroxyl groups is 1. The lowest BCUT2D eigenvalue weighted by molar-refractivity contribution is -0.870. The van der Waals surface area contributed by atoms with E-state index < -0.39 is 20.0 Å². The SMILES string of the molecule is CC/C=C\C/C=C\C/C=C\C/C=C\C/C=C\CCCCCCCCCCCC(=O)NC(COP(=O)(O)OCC[N+](C)(C)C)C(O)/C=C/CC/C=C/CCCCCCCCCCCCCCCCCCCCCCCC. The first kappa shape index (κ1) is 72.7. The van der Waals surface area contributed by atoms with Gasteiger partial charge in [0.25, 0.3) is 0 Å². The highest BCUT2D eigenvalue weighted by Crippen LogP contribution is 2.43. The Bertz CT molecular complexity index is 1500. The van der Waals surface area contributed by atoms with E-state index in [-0.39, 0.29) is 19.1 Å². The number of unbranched alkanes of at least 4 members (excludes halogenated alkanes) is 32. The van der Waals surface area contributed by atoms with Crippen LogP contribution in [0.2, 0.25) is 0 Å². The van der Waals surface area contributed by atoms with Crippen molar-refractivity contribution in [1.29, 1.82) is 0 Å². The molecule has 0 spiro atoms. The number of phosphoric acid groups is 1. The third-order valence-corrected chi connectivity index (χ3v) is 14.8. The number of allylic oxidation sites excluding steroid dienone is 13. The zero-order valence-corrected chi connectivity index (χ0v) is 50.7. The summed E-state index contributed by atoms with van der Waals surface area (Å²) < 4.78 is 23.7. The summed E-state index contributed by atoms with van der Waals surface area (Å²) in [6, 6.07) is -0.873. The summed E-state index contributed by atoms with van der Waals surface area (Å²) in [6.07, 6.45) is 79.9. The zero-order chi connectivity index (χ0) is 54.9. The van der Waals surface area contributed by atoms with Crippen LogP contribution in [-0.2, 0) is 18.4 Å². The van der Waals surface area contributed by atoms with Gasteiger partial charge in [0, 0.05) is 6.42 Å². The first-order valence-electron chi connectivity index (χ1n) is 31.5. The molecule has 0 bridgehead atoms. The molecule has 0 aromatic heterocycles. The molecule has 3 N–H and O–H groups in total. The predicted molar refractivity (Wildman–Crippen MR) is 327 cm³/mol. The van der Waals surface area contributed by atoms with Crippen LogP contribution in [0.5, 0.6) is 0 Å². The molecule has 0 heterocycles. The fraction of sp³-hybridized carbons (Fsp3) is 0.773. The molecule has 0 radical (unpaired) electrons. The lowest BCUT2D eigenvalue weighted by atomic mass is 10.0. The summed E-state index contributed by atoms with van der Waals surface area (Å²) in [7, 11) is 1.55. The summed E-state index contributed by atoms with van der Waals surface area (Å²) in [4.78, 5) is 23.4. The Labute approximate surface area is 465 Å². The topological polar surface area (TPSA) is 105 Å². The number of rotatable bonds is 57. The van der Waals surface area contributed by atoms with Crippen molar-refractivity contribution in [3.63, 3.8) is 0 Å². The number of amides is 1. The molecule has 0 saturated heterocycles. The van der Waals surface area contributed by atoms with Crippen LogP contribution in [-0.4, -0.2) is 73.4 Å². The largest absolute Gasteiger partial charge is 0.472 e. The van der Waals surface area contributed by atoms with Crippen LogP contribution < -0.4 is 5.32 Å². The lowest BCUT2D eigenvalue weighted by Gasteiger charge is -2.25. The lowest BCUT2D eigenvalue weighted by Crippen LogP contribution is -2.45. The van der Waals surface area contributed by atoms with Gasteiger partial charge in [0.1, 0.15) is 13.2 Å². The maximum atomic E-state index is 13.0. The Morgan fingerprint density at radius 2 is 0.813 bits per heavy atom. The Kier molecular flexibility index (Phi) is 54.7. The van der Waals surface area contributed by atoms with Crippen molar-refractivity contribution in [2.45, 2.75) is 289 Å². The Hall–Kier alpha value is -2.32. The maximum Gasteiger partial charge on any atom is 0.472 e. The molecule has 8 nitrogen and oxygen atoms in total. The van der Waals surface area contributed by atoms with Gasteiger partial charge in [-0.15, -0.1) is 0 Å². The minimum atomic E-state index is -4.37. The zero-order valence-electron chi connectivity index (χ0n) is 49.8. The fourth-order valence-electron chi connectivity index (χ4n) is 8.97. The molecule has 0 rings (SSSR count). The van der Waals surface area contributed by atoms with E-state index in [9.17, 15) is 19.4 Å². The van der Waals surface area contributed by atoms with Crippen molar-refractivity contribution in [2.24, 2.45) is 0 Å². The molecule has 436 valence electrons. The van der Waals surface area contributed by atoms with E-state index in [2.05, 4.69) is 92.1 Å². The quantitative estimate of drug-likeness (QED) is 0.0243. The normalized spacial score (nSPS) is 14.4. The van der Waals surface area contributed by atoms with Crippen molar-refractivity contribution in [1.82, 2.24) is 5.32 Å². The Morgan fingerprint density at radius 1 is 0.467 bits per heavy atom. The number of carbonyl (C=O) groups is 1. The second-order valence-electron chi connectivity index (χ2n) is 22.4. The maximum absolute atomic E-state index is 13.0. The van der Waals surface area contributed by atoms with Crippen LogP contribution in [0.4, 0.5) is 0 Å². The summed E-state index contributed by atoms with van der Waals surface area (Å²) in [5.41, 5.74) is 0.